The van der Waals surface area contributed by atoms with Crippen LogP contribution in [0.25, 0.3) is 10.7 Å². The molecular weight excluding hydrogens is 379 g/mol. The maximum atomic E-state index is 13.0. The number of benzene rings is 1. The van der Waals surface area contributed by atoms with Crippen LogP contribution >= 0.6 is 11.3 Å². The lowest BCUT2D eigenvalue weighted by Gasteiger charge is -2.31. The fourth-order valence-electron chi connectivity index (χ4n) is 3.42. The first-order valence-corrected chi connectivity index (χ1v) is 10.00. The zero-order valence-corrected chi connectivity index (χ0v) is 15.9. The van der Waals surface area contributed by atoms with Crippen molar-refractivity contribution in [1.29, 1.82) is 0 Å². The van der Waals surface area contributed by atoms with Crippen LogP contribution in [0.2, 0.25) is 0 Å². The molecule has 1 aromatic carbocycles. The molecule has 0 spiro atoms. The second kappa shape index (κ2) is 8.02. The molecule has 1 aliphatic rings. The van der Waals surface area contributed by atoms with Crippen molar-refractivity contribution >= 4 is 17.2 Å². The largest absolute Gasteiger partial charge is 0.342 e. The number of hydrogen-bond donors (Lipinski definition) is 1. The van der Waals surface area contributed by atoms with Gasteiger partial charge in [-0.3, -0.25) is 9.59 Å². The lowest BCUT2D eigenvalue weighted by atomic mass is 9.95. The number of H-pyrrole nitrogens is 1. The molecule has 8 heteroatoms. The van der Waals surface area contributed by atoms with Crippen LogP contribution in [0.1, 0.15) is 30.1 Å². The molecule has 0 aliphatic carbocycles. The Bertz CT molecular complexity index is 1010. The normalized spacial score (nSPS) is 15.0. The molecule has 0 atom stereocenters. The summed E-state index contributed by atoms with van der Waals surface area (Å²) in [6.07, 6.45) is 3.42. The number of carbonyl (C=O) groups is 1. The topological polar surface area (TPSA) is 79.0 Å². The molecule has 28 heavy (non-hydrogen) atoms. The van der Waals surface area contributed by atoms with Crippen molar-refractivity contribution in [2.45, 2.75) is 25.2 Å². The van der Waals surface area contributed by atoms with Crippen LogP contribution in [0.3, 0.4) is 0 Å². The maximum Gasteiger partial charge on any atom is 0.251 e. The first kappa shape index (κ1) is 18.5. The number of carbonyl (C=O) groups excluding carboxylic acids is 1. The van der Waals surface area contributed by atoms with Crippen molar-refractivity contribution in [3.8, 4) is 10.7 Å². The van der Waals surface area contributed by atoms with Crippen molar-refractivity contribution < 1.29 is 9.18 Å². The molecule has 1 N–H and O–H groups in total. The fraction of sp³-hybridized carbons (Fsp3) is 0.300. The predicted octanol–water partition coefficient (Wildman–Crippen LogP) is 2.98. The Morgan fingerprint density at radius 1 is 1.25 bits per heavy atom. The summed E-state index contributed by atoms with van der Waals surface area (Å²) in [6, 6.07) is 7.47. The Morgan fingerprint density at radius 3 is 2.68 bits per heavy atom. The number of piperidine rings is 1. The molecule has 1 aliphatic heterocycles. The van der Waals surface area contributed by atoms with E-state index in [4.69, 9.17) is 0 Å². The number of nitrogens with zero attached hydrogens (tertiary/aromatic N) is 3. The van der Waals surface area contributed by atoms with Gasteiger partial charge in [0.15, 0.2) is 0 Å². The number of thiazole rings is 1. The number of rotatable bonds is 4. The molecule has 1 fully saturated rings. The Kier molecular flexibility index (Phi) is 5.29. The lowest BCUT2D eigenvalue weighted by Crippen LogP contribution is -2.39. The molecule has 0 unspecified atom stereocenters. The van der Waals surface area contributed by atoms with E-state index in [1.165, 1.54) is 29.5 Å². The minimum atomic E-state index is -0.307. The lowest BCUT2D eigenvalue weighted by molar-refractivity contribution is -0.131. The minimum absolute atomic E-state index is 0.0306. The van der Waals surface area contributed by atoms with E-state index < -0.39 is 0 Å². The zero-order chi connectivity index (χ0) is 19.5. The number of amides is 1. The second-order valence-electron chi connectivity index (χ2n) is 6.81. The molecule has 6 nitrogen and oxygen atoms in total. The van der Waals surface area contributed by atoms with Crippen molar-refractivity contribution in [3.63, 3.8) is 0 Å². The number of nitrogens with one attached hydrogen (secondary N) is 1. The van der Waals surface area contributed by atoms with Gasteiger partial charge in [-0.2, -0.15) is 0 Å². The molecule has 0 bridgehead atoms. The summed E-state index contributed by atoms with van der Waals surface area (Å²) in [5.41, 5.74) is 1.20. The van der Waals surface area contributed by atoms with E-state index in [1.54, 1.807) is 18.3 Å². The van der Waals surface area contributed by atoms with Crippen LogP contribution in [-0.2, 0) is 11.2 Å². The first-order valence-electron chi connectivity index (χ1n) is 9.12. The summed E-state index contributed by atoms with van der Waals surface area (Å²) in [4.78, 5) is 38.0. The van der Waals surface area contributed by atoms with Crippen molar-refractivity contribution in [2.24, 2.45) is 0 Å². The molecule has 1 amide bonds. The van der Waals surface area contributed by atoms with Gasteiger partial charge in [0, 0.05) is 36.7 Å². The Labute approximate surface area is 165 Å². The number of aromatic amines is 1. The monoisotopic (exact) mass is 398 g/mol. The van der Waals surface area contributed by atoms with Gasteiger partial charge in [0.05, 0.1) is 6.42 Å². The highest BCUT2D eigenvalue weighted by Gasteiger charge is 2.25. The Morgan fingerprint density at radius 2 is 2.00 bits per heavy atom. The molecule has 2 aromatic heterocycles. The van der Waals surface area contributed by atoms with Crippen LogP contribution < -0.4 is 5.56 Å². The maximum absolute atomic E-state index is 13.0. The second-order valence-corrected chi connectivity index (χ2v) is 7.71. The molecule has 3 heterocycles. The molecule has 1 saturated heterocycles. The number of likely N-dealkylation sites (tertiary alicyclic amines) is 1. The highest BCUT2D eigenvalue weighted by molar-refractivity contribution is 7.13. The van der Waals surface area contributed by atoms with E-state index in [9.17, 15) is 14.0 Å². The highest BCUT2D eigenvalue weighted by Crippen LogP contribution is 2.27. The first-order chi connectivity index (χ1) is 13.6. The average Bonchev–Trinajstić information content (AvgIpc) is 3.24. The third-order valence-corrected chi connectivity index (χ3v) is 5.71. The van der Waals surface area contributed by atoms with E-state index in [0.717, 1.165) is 23.4 Å². The molecular formula is C20H19FN4O2S. The molecule has 0 saturated carbocycles. The summed E-state index contributed by atoms with van der Waals surface area (Å²) in [6.45, 7) is 1.21. The molecule has 4 rings (SSSR count). The summed E-state index contributed by atoms with van der Waals surface area (Å²) < 4.78 is 13.0. The van der Waals surface area contributed by atoms with Gasteiger partial charge in [-0.1, -0.05) is 12.1 Å². The molecule has 144 valence electrons. The molecule has 0 radical (unpaired) electrons. The average molecular weight is 398 g/mol. The quantitative estimate of drug-likeness (QED) is 0.733. The third kappa shape index (κ3) is 4.17. The minimum Gasteiger partial charge on any atom is -0.342 e. The summed E-state index contributed by atoms with van der Waals surface area (Å²) in [7, 11) is 0. The summed E-state index contributed by atoms with van der Waals surface area (Å²) >= 11 is 1.44. The third-order valence-electron chi connectivity index (χ3n) is 4.91. The number of aromatic nitrogens is 3. The van der Waals surface area contributed by atoms with Crippen LogP contribution in [0.5, 0.6) is 0 Å². The van der Waals surface area contributed by atoms with Gasteiger partial charge in [-0.25, -0.2) is 14.4 Å². The number of hydrogen-bond acceptors (Lipinski definition) is 5. The Hall–Kier alpha value is -2.87. The van der Waals surface area contributed by atoms with Gasteiger partial charge >= 0.3 is 0 Å². The van der Waals surface area contributed by atoms with Gasteiger partial charge in [0.25, 0.3) is 5.56 Å². The van der Waals surface area contributed by atoms with Gasteiger partial charge in [-0.05, 0) is 30.5 Å². The highest BCUT2D eigenvalue weighted by atomic mass is 32.1. The summed E-state index contributed by atoms with van der Waals surface area (Å²) in [5, 5.41) is 2.57. The van der Waals surface area contributed by atoms with Crippen molar-refractivity contribution in [3.05, 3.63) is 69.5 Å². The smallest absolute Gasteiger partial charge is 0.251 e. The van der Waals surface area contributed by atoms with Crippen LogP contribution in [0.15, 0.2) is 46.7 Å². The van der Waals surface area contributed by atoms with Crippen molar-refractivity contribution in [1.82, 2.24) is 19.9 Å². The van der Waals surface area contributed by atoms with E-state index in [2.05, 4.69) is 15.0 Å². The van der Waals surface area contributed by atoms with E-state index in [0.29, 0.717) is 24.6 Å². The van der Waals surface area contributed by atoms with Crippen molar-refractivity contribution in [2.75, 3.05) is 13.1 Å². The number of halogens is 1. The van der Waals surface area contributed by atoms with Gasteiger partial charge in [-0.15, -0.1) is 11.3 Å². The van der Waals surface area contributed by atoms with Crippen LogP contribution in [0, 0.1) is 5.82 Å². The van der Waals surface area contributed by atoms with Gasteiger partial charge in [0.2, 0.25) is 5.91 Å². The van der Waals surface area contributed by atoms with Crippen LogP contribution in [-0.4, -0.2) is 38.8 Å². The Balaban J connectivity index is 1.41. The zero-order valence-electron chi connectivity index (χ0n) is 15.1. The van der Waals surface area contributed by atoms with E-state index >= 15 is 0 Å². The SMILES string of the molecule is O=C(Cc1ccc(F)cc1)N1CCC(c2nc(-c3nccs3)cc(=O)[nH]2)CC1. The fourth-order valence-corrected chi connectivity index (χ4v) is 4.02. The van der Waals surface area contributed by atoms with E-state index in [-0.39, 0.29) is 29.6 Å². The molecule has 3 aromatic rings. The predicted molar refractivity (Wildman–Crippen MR) is 105 cm³/mol. The summed E-state index contributed by atoms with van der Waals surface area (Å²) in [5.74, 6) is 0.479. The standard InChI is InChI=1S/C20H19FN4O2S/c21-15-3-1-13(2-4-15)11-18(27)25-8-5-14(6-9-25)19-23-16(12-17(26)24-19)20-22-7-10-28-20/h1-4,7,10,12,14H,5-6,8-9,11H2,(H,23,24,26). The van der Waals surface area contributed by atoms with Crippen LogP contribution in [0.4, 0.5) is 4.39 Å². The van der Waals surface area contributed by atoms with Gasteiger partial charge in [0.1, 0.15) is 22.3 Å². The van der Waals surface area contributed by atoms with E-state index in [1.807, 2.05) is 10.3 Å². The van der Waals surface area contributed by atoms with Gasteiger partial charge < -0.3 is 9.88 Å².